The second kappa shape index (κ2) is 7.42. The molecule has 0 aliphatic heterocycles. The first kappa shape index (κ1) is 16.9. The van der Waals surface area contributed by atoms with Gasteiger partial charge in [0.05, 0.1) is 0 Å². The van der Waals surface area contributed by atoms with Crippen molar-refractivity contribution in [3.63, 3.8) is 0 Å². The van der Waals surface area contributed by atoms with Crippen LogP contribution in [0.5, 0.6) is 0 Å². The Kier molecular flexibility index (Phi) is 4.48. The van der Waals surface area contributed by atoms with Crippen molar-refractivity contribution in [2.45, 2.75) is 0 Å². The van der Waals surface area contributed by atoms with Gasteiger partial charge in [-0.2, -0.15) is 0 Å². The van der Waals surface area contributed by atoms with E-state index in [0.717, 1.165) is 16.7 Å². The number of benzene rings is 4. The van der Waals surface area contributed by atoms with Crippen molar-refractivity contribution in [3.8, 4) is 11.5 Å². The van der Waals surface area contributed by atoms with Gasteiger partial charge in [-0.25, -0.2) is 4.98 Å². The maximum absolute atomic E-state index is 6.12. The topological polar surface area (TPSA) is 26.0 Å². The molecule has 0 fully saturated rings. The maximum Gasteiger partial charge on any atom is 0.227 e. The Morgan fingerprint density at radius 2 is 1.14 bits per heavy atom. The SMILES string of the molecule is c1ccc(P(c2ccccc2)c2ccccc2-c2nc3ccccc3o2)cc1. The summed E-state index contributed by atoms with van der Waals surface area (Å²) in [7, 11) is -0.720. The minimum Gasteiger partial charge on any atom is -0.436 e. The van der Waals surface area contributed by atoms with Crippen molar-refractivity contribution in [1.29, 1.82) is 0 Å². The van der Waals surface area contributed by atoms with Crippen LogP contribution in [0.25, 0.3) is 22.6 Å². The molecular formula is C25H18NOP. The van der Waals surface area contributed by atoms with E-state index in [9.17, 15) is 0 Å². The monoisotopic (exact) mass is 379 g/mol. The fraction of sp³-hybridized carbons (Fsp3) is 0. The minimum atomic E-state index is -0.720. The summed E-state index contributed by atoms with van der Waals surface area (Å²) in [6.07, 6.45) is 0. The molecule has 4 aromatic carbocycles. The first-order valence-electron chi connectivity index (χ1n) is 9.25. The van der Waals surface area contributed by atoms with Crippen molar-refractivity contribution >= 4 is 34.9 Å². The number of para-hydroxylation sites is 2. The summed E-state index contributed by atoms with van der Waals surface area (Å²) >= 11 is 0. The molecule has 0 amide bonds. The summed E-state index contributed by atoms with van der Waals surface area (Å²) in [6.45, 7) is 0. The average molecular weight is 379 g/mol. The number of rotatable bonds is 4. The van der Waals surface area contributed by atoms with Crippen LogP contribution in [0.2, 0.25) is 0 Å². The van der Waals surface area contributed by atoms with Crippen molar-refractivity contribution < 1.29 is 4.42 Å². The van der Waals surface area contributed by atoms with Gasteiger partial charge in [0.2, 0.25) is 5.89 Å². The van der Waals surface area contributed by atoms with Gasteiger partial charge >= 0.3 is 0 Å². The number of nitrogens with zero attached hydrogens (tertiary/aromatic N) is 1. The van der Waals surface area contributed by atoms with Gasteiger partial charge in [0, 0.05) is 5.56 Å². The van der Waals surface area contributed by atoms with E-state index < -0.39 is 7.92 Å². The summed E-state index contributed by atoms with van der Waals surface area (Å²) in [5.74, 6) is 0.677. The molecule has 3 heteroatoms. The summed E-state index contributed by atoms with van der Waals surface area (Å²) in [5, 5.41) is 3.88. The molecule has 0 atom stereocenters. The first-order chi connectivity index (χ1) is 13.9. The van der Waals surface area contributed by atoms with Crippen molar-refractivity contribution in [3.05, 3.63) is 109 Å². The Morgan fingerprint density at radius 3 is 1.82 bits per heavy atom. The Morgan fingerprint density at radius 1 is 0.571 bits per heavy atom. The molecule has 28 heavy (non-hydrogen) atoms. The highest BCUT2D eigenvalue weighted by Gasteiger charge is 2.22. The molecule has 0 N–H and O–H groups in total. The van der Waals surface area contributed by atoms with E-state index in [2.05, 4.69) is 84.9 Å². The van der Waals surface area contributed by atoms with Gasteiger partial charge in [0.1, 0.15) is 5.52 Å². The number of fused-ring (bicyclic) bond motifs is 1. The van der Waals surface area contributed by atoms with Gasteiger partial charge in [-0.05, 0) is 42.0 Å². The fourth-order valence-corrected chi connectivity index (χ4v) is 5.86. The lowest BCUT2D eigenvalue weighted by Gasteiger charge is -2.21. The highest BCUT2D eigenvalue weighted by molar-refractivity contribution is 7.80. The van der Waals surface area contributed by atoms with Crippen molar-refractivity contribution in [2.75, 3.05) is 0 Å². The number of hydrogen-bond donors (Lipinski definition) is 0. The zero-order chi connectivity index (χ0) is 18.8. The lowest BCUT2D eigenvalue weighted by molar-refractivity contribution is 0.620. The van der Waals surface area contributed by atoms with E-state index in [0.29, 0.717) is 5.89 Å². The molecule has 0 radical (unpaired) electrons. The maximum atomic E-state index is 6.12. The van der Waals surface area contributed by atoms with Crippen LogP contribution in [-0.4, -0.2) is 4.98 Å². The predicted molar refractivity (Wildman–Crippen MR) is 118 cm³/mol. The largest absolute Gasteiger partial charge is 0.436 e. The fourth-order valence-electron chi connectivity index (χ4n) is 3.42. The summed E-state index contributed by atoms with van der Waals surface area (Å²) in [4.78, 5) is 4.76. The van der Waals surface area contributed by atoms with Crippen LogP contribution in [-0.2, 0) is 0 Å². The van der Waals surface area contributed by atoms with E-state index in [1.54, 1.807) is 0 Å². The van der Waals surface area contributed by atoms with Crippen LogP contribution in [0, 0.1) is 0 Å². The van der Waals surface area contributed by atoms with Crippen LogP contribution in [0.3, 0.4) is 0 Å². The van der Waals surface area contributed by atoms with Gasteiger partial charge in [-0.15, -0.1) is 0 Å². The van der Waals surface area contributed by atoms with Crippen LogP contribution in [0.4, 0.5) is 0 Å². The second-order valence-electron chi connectivity index (χ2n) is 6.51. The lowest BCUT2D eigenvalue weighted by Crippen LogP contribution is -2.22. The first-order valence-corrected chi connectivity index (χ1v) is 10.6. The molecule has 0 spiro atoms. The number of hydrogen-bond acceptors (Lipinski definition) is 2. The number of aromatic nitrogens is 1. The molecular weight excluding hydrogens is 361 g/mol. The molecule has 1 heterocycles. The van der Waals surface area contributed by atoms with E-state index in [1.807, 2.05) is 24.3 Å². The quantitative estimate of drug-likeness (QED) is 0.399. The molecule has 0 aliphatic carbocycles. The van der Waals surface area contributed by atoms with Gasteiger partial charge < -0.3 is 4.42 Å². The second-order valence-corrected chi connectivity index (χ2v) is 8.70. The van der Waals surface area contributed by atoms with E-state index >= 15 is 0 Å². The Hall–Kier alpha value is -3.22. The molecule has 5 aromatic rings. The summed E-state index contributed by atoms with van der Waals surface area (Å²) in [5.41, 5.74) is 2.75. The zero-order valence-corrected chi connectivity index (χ0v) is 16.1. The van der Waals surface area contributed by atoms with Crippen molar-refractivity contribution in [1.82, 2.24) is 4.98 Å². The molecule has 0 bridgehead atoms. The highest BCUT2D eigenvalue weighted by atomic mass is 31.1. The highest BCUT2D eigenvalue weighted by Crippen LogP contribution is 2.37. The lowest BCUT2D eigenvalue weighted by atomic mass is 10.2. The molecule has 0 aliphatic rings. The molecule has 0 saturated heterocycles. The Balaban J connectivity index is 1.72. The minimum absolute atomic E-state index is 0.677. The third-order valence-corrected chi connectivity index (χ3v) is 7.20. The van der Waals surface area contributed by atoms with E-state index in [1.165, 1.54) is 15.9 Å². The predicted octanol–water partition coefficient (Wildman–Crippen LogP) is 5.25. The standard InChI is InChI=1S/C25H18NOP/c1-3-11-19(12-4-1)28(20-13-5-2-6-14-20)24-18-10-7-15-21(24)25-26-22-16-8-9-17-23(22)27-25/h1-18H. The zero-order valence-electron chi connectivity index (χ0n) is 15.2. The third-order valence-electron chi connectivity index (χ3n) is 4.70. The van der Waals surface area contributed by atoms with Gasteiger partial charge in [-0.3, -0.25) is 0 Å². The van der Waals surface area contributed by atoms with E-state index in [4.69, 9.17) is 9.40 Å². The smallest absolute Gasteiger partial charge is 0.227 e. The average Bonchev–Trinajstić information content (AvgIpc) is 3.20. The molecule has 1 aromatic heterocycles. The Labute approximate surface area is 165 Å². The van der Waals surface area contributed by atoms with Crippen LogP contribution in [0.15, 0.2) is 114 Å². The molecule has 0 saturated carbocycles. The third kappa shape index (κ3) is 3.13. The van der Waals surface area contributed by atoms with Crippen LogP contribution < -0.4 is 15.9 Å². The van der Waals surface area contributed by atoms with Gasteiger partial charge in [-0.1, -0.05) is 91.0 Å². The van der Waals surface area contributed by atoms with E-state index in [-0.39, 0.29) is 0 Å². The normalized spacial score (nSPS) is 11.2. The summed E-state index contributed by atoms with van der Waals surface area (Å²) < 4.78 is 6.12. The molecule has 2 nitrogen and oxygen atoms in total. The number of oxazole rings is 1. The van der Waals surface area contributed by atoms with Gasteiger partial charge in [0.15, 0.2) is 5.58 Å². The van der Waals surface area contributed by atoms with Crippen LogP contribution >= 0.6 is 7.92 Å². The summed E-state index contributed by atoms with van der Waals surface area (Å²) in [6, 6.07) is 37.8. The van der Waals surface area contributed by atoms with Crippen molar-refractivity contribution in [2.24, 2.45) is 0 Å². The van der Waals surface area contributed by atoms with Gasteiger partial charge in [0.25, 0.3) is 0 Å². The Bertz CT molecular complexity index is 1140. The van der Waals surface area contributed by atoms with Crippen LogP contribution in [0.1, 0.15) is 0 Å². The molecule has 0 unspecified atom stereocenters. The molecule has 5 rings (SSSR count). The molecule has 134 valence electrons.